The van der Waals surface area contributed by atoms with Crippen LogP contribution in [-0.2, 0) is 22.4 Å². The minimum atomic E-state index is -0.859. The summed E-state index contributed by atoms with van der Waals surface area (Å²) in [5.41, 5.74) is 11.3. The quantitative estimate of drug-likeness (QED) is 0.266. The van der Waals surface area contributed by atoms with E-state index in [1.165, 1.54) is 9.80 Å². The van der Waals surface area contributed by atoms with E-state index in [0.717, 1.165) is 27.8 Å². The molecule has 0 heterocycles. The summed E-state index contributed by atoms with van der Waals surface area (Å²) in [4.78, 5) is 44.1. The van der Waals surface area contributed by atoms with E-state index in [9.17, 15) is 14.4 Å². The Morgan fingerprint density at radius 2 is 1.26 bits per heavy atom. The molecule has 3 amide bonds. The van der Waals surface area contributed by atoms with Gasteiger partial charge in [-0.2, -0.15) is 0 Å². The van der Waals surface area contributed by atoms with Crippen molar-refractivity contribution in [1.82, 2.24) is 15.1 Å². The monoisotopic (exact) mass is 576 g/mol. The smallest absolute Gasteiger partial charge is 0.254 e. The lowest BCUT2D eigenvalue weighted by Crippen LogP contribution is -2.55. The van der Waals surface area contributed by atoms with E-state index in [4.69, 9.17) is 5.73 Å². The standard InChI is InChI=1S/C36H40N4O3/c1-25(37)30-16-11-17-31(24-30)35(42)40(4)33(23-27-18-20-29(21-19-27)28-14-9-6-10-15-28)36(43)39(3)32(34(41)38-2)22-26-12-7-5-8-13-26/h5-21,24-25,32-33H,22-23,37H2,1-4H3,(H,38,41)/t25?,32-,33-/m1/s1. The van der Waals surface area contributed by atoms with Crippen molar-refractivity contribution >= 4 is 17.7 Å². The molecule has 3 N–H and O–H groups in total. The first-order valence-electron chi connectivity index (χ1n) is 14.5. The molecular weight excluding hydrogens is 536 g/mol. The van der Waals surface area contributed by atoms with Gasteiger partial charge in [-0.05, 0) is 46.9 Å². The van der Waals surface area contributed by atoms with Crippen molar-refractivity contribution < 1.29 is 14.4 Å². The highest BCUT2D eigenvalue weighted by Crippen LogP contribution is 2.22. The third-order valence-electron chi connectivity index (χ3n) is 7.86. The number of rotatable bonds is 11. The van der Waals surface area contributed by atoms with Crippen molar-refractivity contribution in [2.75, 3.05) is 21.1 Å². The summed E-state index contributed by atoms with van der Waals surface area (Å²) in [5.74, 6) is -0.894. The third-order valence-corrected chi connectivity index (χ3v) is 7.86. The molecule has 0 fully saturated rings. The van der Waals surface area contributed by atoms with Crippen LogP contribution in [0.15, 0.2) is 109 Å². The van der Waals surface area contributed by atoms with E-state index in [1.54, 1.807) is 39.3 Å². The molecule has 0 saturated carbocycles. The summed E-state index contributed by atoms with van der Waals surface area (Å²) in [5, 5.41) is 2.70. The second-order valence-electron chi connectivity index (χ2n) is 10.9. The Balaban J connectivity index is 1.66. The van der Waals surface area contributed by atoms with E-state index in [2.05, 4.69) is 5.32 Å². The number of nitrogens with zero attached hydrogens (tertiary/aromatic N) is 2. The largest absolute Gasteiger partial charge is 0.357 e. The second kappa shape index (κ2) is 14.4. The van der Waals surface area contributed by atoms with Crippen LogP contribution in [0, 0.1) is 0 Å². The number of benzene rings is 4. The third kappa shape index (κ3) is 7.76. The first-order valence-corrected chi connectivity index (χ1v) is 14.5. The van der Waals surface area contributed by atoms with Gasteiger partial charge in [-0.3, -0.25) is 14.4 Å². The number of hydrogen-bond donors (Lipinski definition) is 2. The number of nitrogens with one attached hydrogen (secondary N) is 1. The molecule has 3 atom stereocenters. The van der Waals surface area contributed by atoms with Crippen LogP contribution >= 0.6 is 0 Å². The van der Waals surface area contributed by atoms with Gasteiger partial charge in [0.05, 0.1) is 0 Å². The molecule has 0 spiro atoms. The fourth-order valence-electron chi connectivity index (χ4n) is 5.18. The molecule has 4 rings (SSSR count). The molecule has 4 aromatic rings. The number of hydrogen-bond acceptors (Lipinski definition) is 4. The van der Waals surface area contributed by atoms with E-state index in [0.29, 0.717) is 12.0 Å². The molecule has 4 aromatic carbocycles. The van der Waals surface area contributed by atoms with Crippen LogP contribution in [0.2, 0.25) is 0 Å². The summed E-state index contributed by atoms with van der Waals surface area (Å²) >= 11 is 0. The van der Waals surface area contributed by atoms with E-state index < -0.39 is 12.1 Å². The normalized spacial score (nSPS) is 13.0. The predicted octanol–water partition coefficient (Wildman–Crippen LogP) is 4.87. The molecule has 0 saturated heterocycles. The first-order chi connectivity index (χ1) is 20.7. The highest BCUT2D eigenvalue weighted by molar-refractivity contribution is 5.98. The molecule has 43 heavy (non-hydrogen) atoms. The van der Waals surface area contributed by atoms with Crippen molar-refractivity contribution in [2.24, 2.45) is 5.73 Å². The SMILES string of the molecule is CNC(=O)[C@@H](Cc1ccccc1)N(C)C(=O)[C@@H](Cc1ccc(-c2ccccc2)cc1)N(C)C(=O)c1cccc(C(C)N)c1. The van der Waals surface area contributed by atoms with Gasteiger partial charge in [0.15, 0.2) is 0 Å². The van der Waals surface area contributed by atoms with Crippen molar-refractivity contribution in [3.05, 3.63) is 131 Å². The fraction of sp³-hybridized carbons (Fsp3) is 0.250. The van der Waals surface area contributed by atoms with Gasteiger partial charge in [0.2, 0.25) is 11.8 Å². The topological polar surface area (TPSA) is 95.7 Å². The lowest BCUT2D eigenvalue weighted by atomic mass is 9.97. The van der Waals surface area contributed by atoms with Crippen LogP contribution in [0.4, 0.5) is 0 Å². The van der Waals surface area contributed by atoms with Crippen LogP contribution in [0.25, 0.3) is 11.1 Å². The molecule has 1 unspecified atom stereocenters. The average Bonchev–Trinajstić information content (AvgIpc) is 3.05. The van der Waals surface area contributed by atoms with Gasteiger partial charge in [0.1, 0.15) is 12.1 Å². The zero-order valence-electron chi connectivity index (χ0n) is 25.2. The van der Waals surface area contributed by atoms with Crippen LogP contribution < -0.4 is 11.1 Å². The zero-order chi connectivity index (χ0) is 30.9. The molecule has 0 aliphatic carbocycles. The molecule has 0 bridgehead atoms. The molecule has 7 heteroatoms. The number of carbonyl (C=O) groups excluding carboxylic acids is 3. The van der Waals surface area contributed by atoms with E-state index in [1.807, 2.05) is 97.9 Å². The summed E-state index contributed by atoms with van der Waals surface area (Å²) in [6.45, 7) is 1.86. The Hall–Kier alpha value is -4.75. The second-order valence-corrected chi connectivity index (χ2v) is 10.9. The van der Waals surface area contributed by atoms with Crippen molar-refractivity contribution in [2.45, 2.75) is 37.9 Å². The van der Waals surface area contributed by atoms with Crippen LogP contribution in [0.3, 0.4) is 0 Å². The first kappa shape index (κ1) is 31.2. The highest BCUT2D eigenvalue weighted by atomic mass is 16.2. The predicted molar refractivity (Wildman–Crippen MR) is 171 cm³/mol. The number of nitrogens with two attached hydrogens (primary N) is 1. The van der Waals surface area contributed by atoms with Gasteiger partial charge in [-0.1, -0.05) is 97.1 Å². The molecule has 222 valence electrons. The van der Waals surface area contributed by atoms with Crippen molar-refractivity contribution in [3.8, 4) is 11.1 Å². The molecule has 0 aliphatic rings. The van der Waals surface area contributed by atoms with Gasteiger partial charge < -0.3 is 20.9 Å². The van der Waals surface area contributed by atoms with Gasteiger partial charge >= 0.3 is 0 Å². The summed E-state index contributed by atoms with van der Waals surface area (Å²) in [7, 11) is 4.83. The Bertz CT molecular complexity index is 1520. The summed E-state index contributed by atoms with van der Waals surface area (Å²) in [6, 6.07) is 33.0. The Morgan fingerprint density at radius 1 is 0.698 bits per heavy atom. The number of likely N-dealkylation sites (N-methyl/N-ethyl adjacent to an activating group) is 3. The van der Waals surface area contributed by atoms with Crippen molar-refractivity contribution in [3.63, 3.8) is 0 Å². The van der Waals surface area contributed by atoms with Crippen molar-refractivity contribution in [1.29, 1.82) is 0 Å². The average molecular weight is 577 g/mol. The molecule has 0 radical (unpaired) electrons. The fourth-order valence-corrected chi connectivity index (χ4v) is 5.18. The van der Waals surface area contributed by atoms with Crippen LogP contribution in [-0.4, -0.2) is 60.7 Å². The lowest BCUT2D eigenvalue weighted by Gasteiger charge is -2.34. The maximum absolute atomic E-state index is 14.3. The van der Waals surface area contributed by atoms with Gasteiger partial charge in [0.25, 0.3) is 5.91 Å². The summed E-state index contributed by atoms with van der Waals surface area (Å²) in [6.07, 6.45) is 0.620. The molecule has 0 aromatic heterocycles. The Kier molecular flexibility index (Phi) is 10.5. The highest BCUT2D eigenvalue weighted by Gasteiger charge is 2.35. The molecular formula is C36H40N4O3. The maximum Gasteiger partial charge on any atom is 0.254 e. The van der Waals surface area contributed by atoms with Gasteiger partial charge in [-0.25, -0.2) is 0 Å². The number of carbonyl (C=O) groups is 3. The van der Waals surface area contributed by atoms with E-state index >= 15 is 0 Å². The zero-order valence-corrected chi connectivity index (χ0v) is 25.2. The van der Waals surface area contributed by atoms with E-state index in [-0.39, 0.29) is 30.2 Å². The lowest BCUT2D eigenvalue weighted by molar-refractivity contribution is -0.142. The maximum atomic E-state index is 14.3. The Morgan fingerprint density at radius 3 is 1.86 bits per heavy atom. The van der Waals surface area contributed by atoms with Crippen LogP contribution in [0.5, 0.6) is 0 Å². The minimum absolute atomic E-state index is 0.240. The van der Waals surface area contributed by atoms with Crippen LogP contribution in [0.1, 0.15) is 40.0 Å². The minimum Gasteiger partial charge on any atom is -0.357 e. The molecule has 7 nitrogen and oxygen atoms in total. The molecule has 0 aliphatic heterocycles. The number of amides is 3. The Labute approximate surface area is 254 Å². The van der Waals surface area contributed by atoms with Gasteiger partial charge in [0, 0.05) is 45.6 Å². The van der Waals surface area contributed by atoms with Gasteiger partial charge in [-0.15, -0.1) is 0 Å². The summed E-state index contributed by atoms with van der Waals surface area (Å²) < 4.78 is 0.